The number of carbonyl (C=O) groups is 3. The Balaban J connectivity index is 1.54. The van der Waals surface area contributed by atoms with Gasteiger partial charge in [-0.1, -0.05) is 48.5 Å². The molecule has 8 nitrogen and oxygen atoms in total. The predicted molar refractivity (Wildman–Crippen MR) is 134 cm³/mol. The first-order chi connectivity index (χ1) is 17.0. The average Bonchev–Trinajstić information content (AvgIpc) is 2.89. The fraction of sp³-hybridized carbons (Fsp3) is 0.259. The minimum atomic E-state index is -0.633. The molecule has 2 heterocycles. The van der Waals surface area contributed by atoms with Gasteiger partial charge in [0.1, 0.15) is 17.7 Å². The molecule has 2 aromatic carbocycles. The molecule has 1 fully saturated rings. The zero-order valence-corrected chi connectivity index (χ0v) is 19.6. The van der Waals surface area contributed by atoms with Crippen molar-refractivity contribution in [3.63, 3.8) is 0 Å². The first kappa shape index (κ1) is 23.9. The van der Waals surface area contributed by atoms with E-state index in [0.717, 1.165) is 18.5 Å². The molecule has 0 bridgehead atoms. The summed E-state index contributed by atoms with van der Waals surface area (Å²) >= 11 is 0. The lowest BCUT2D eigenvalue weighted by Gasteiger charge is -2.34. The topological polar surface area (TPSA) is 91.7 Å². The third-order valence-corrected chi connectivity index (χ3v) is 6.08. The summed E-state index contributed by atoms with van der Waals surface area (Å²) in [5, 5.41) is 2.47. The van der Waals surface area contributed by atoms with Crippen molar-refractivity contribution in [3.8, 4) is 0 Å². The molecular formula is C27H28N4O4. The number of para-hydroxylation sites is 1. The summed E-state index contributed by atoms with van der Waals surface area (Å²) < 4.78 is 1.71. The molecule has 4 rings (SSSR count). The normalized spacial score (nSPS) is 13.6. The molecular weight excluding hydrogens is 444 g/mol. The molecule has 8 heteroatoms. The van der Waals surface area contributed by atoms with Crippen molar-refractivity contribution in [2.75, 3.05) is 31.6 Å². The molecule has 0 aliphatic carbocycles. The molecule has 3 amide bonds. The second-order valence-electron chi connectivity index (χ2n) is 8.43. The molecule has 0 unspecified atom stereocenters. The van der Waals surface area contributed by atoms with Gasteiger partial charge < -0.3 is 19.7 Å². The summed E-state index contributed by atoms with van der Waals surface area (Å²) in [7, 11) is 1.44. The molecule has 0 radical (unpaired) electrons. The maximum atomic E-state index is 13.3. The lowest BCUT2D eigenvalue weighted by atomic mass is 10.1. The highest BCUT2D eigenvalue weighted by Crippen LogP contribution is 2.17. The van der Waals surface area contributed by atoms with Gasteiger partial charge in [-0.3, -0.25) is 19.2 Å². The molecule has 0 saturated carbocycles. The number of pyridine rings is 1. The van der Waals surface area contributed by atoms with Gasteiger partial charge in [0.15, 0.2) is 0 Å². The molecule has 0 atom stereocenters. The molecule has 35 heavy (non-hydrogen) atoms. The molecule has 1 aliphatic rings. The van der Waals surface area contributed by atoms with E-state index in [4.69, 9.17) is 0 Å². The van der Waals surface area contributed by atoms with Gasteiger partial charge in [0, 0.05) is 44.8 Å². The Hall–Kier alpha value is -4.20. The number of hydrogen-bond donors (Lipinski definition) is 1. The molecule has 1 aliphatic heterocycles. The molecule has 1 aromatic heterocycles. The van der Waals surface area contributed by atoms with Gasteiger partial charge in [0.2, 0.25) is 11.3 Å². The first-order valence-corrected chi connectivity index (χ1v) is 11.6. The monoisotopic (exact) mass is 472 g/mol. The van der Waals surface area contributed by atoms with E-state index in [1.165, 1.54) is 29.9 Å². The summed E-state index contributed by atoms with van der Waals surface area (Å²) in [6.45, 7) is 1.01. The van der Waals surface area contributed by atoms with Crippen molar-refractivity contribution in [2.45, 2.75) is 19.4 Å². The van der Waals surface area contributed by atoms with Crippen molar-refractivity contribution in [1.82, 2.24) is 14.8 Å². The van der Waals surface area contributed by atoms with Crippen LogP contribution in [0.5, 0.6) is 0 Å². The molecule has 3 aromatic rings. The summed E-state index contributed by atoms with van der Waals surface area (Å²) in [5.74, 6) is -1.31. The Bertz CT molecular complexity index is 1270. The predicted octanol–water partition coefficient (Wildman–Crippen LogP) is 2.33. The van der Waals surface area contributed by atoms with Gasteiger partial charge in [-0.25, -0.2) is 0 Å². The second kappa shape index (κ2) is 10.8. The SMILES string of the molecule is CNC(=O)c1cn(CCCc2ccccc2)cc(C(=O)N2CCN(c3ccccc3)C(=O)C2)c1=O. The maximum absolute atomic E-state index is 13.3. The zero-order valence-electron chi connectivity index (χ0n) is 19.6. The van der Waals surface area contributed by atoms with Crippen LogP contribution in [0.4, 0.5) is 5.69 Å². The van der Waals surface area contributed by atoms with Crippen LogP contribution in [0.2, 0.25) is 0 Å². The maximum Gasteiger partial charge on any atom is 0.259 e. The highest BCUT2D eigenvalue weighted by Gasteiger charge is 2.30. The van der Waals surface area contributed by atoms with Crippen LogP contribution >= 0.6 is 0 Å². The standard InChI is InChI=1S/C27H28N4O4/c1-28-26(34)22-17-29(14-8-11-20-9-4-2-5-10-20)18-23(25(22)33)27(35)30-15-16-31(24(32)19-30)21-12-6-3-7-13-21/h2-7,9-10,12-13,17-18H,8,11,14-16,19H2,1H3,(H,28,34). The third-order valence-electron chi connectivity index (χ3n) is 6.08. The number of benzene rings is 2. The van der Waals surface area contributed by atoms with Gasteiger partial charge >= 0.3 is 0 Å². The van der Waals surface area contributed by atoms with E-state index in [0.29, 0.717) is 13.1 Å². The second-order valence-corrected chi connectivity index (χ2v) is 8.43. The Kier molecular flexibility index (Phi) is 7.40. The molecule has 1 saturated heterocycles. The number of piperazine rings is 1. The number of rotatable bonds is 7. The van der Waals surface area contributed by atoms with Crippen LogP contribution in [0.15, 0.2) is 77.9 Å². The number of aromatic nitrogens is 1. The molecule has 1 N–H and O–H groups in total. The van der Waals surface area contributed by atoms with Crippen LogP contribution in [0.3, 0.4) is 0 Å². The van der Waals surface area contributed by atoms with E-state index in [-0.39, 0.29) is 30.1 Å². The number of hydrogen-bond acceptors (Lipinski definition) is 4. The Morgan fingerprint density at radius 1 is 0.886 bits per heavy atom. The minimum Gasteiger partial charge on any atom is -0.355 e. The Morgan fingerprint density at radius 3 is 2.20 bits per heavy atom. The summed E-state index contributed by atoms with van der Waals surface area (Å²) in [4.78, 5) is 54.5. The van der Waals surface area contributed by atoms with Gasteiger partial charge in [-0.05, 0) is 30.5 Å². The van der Waals surface area contributed by atoms with Crippen LogP contribution in [0.25, 0.3) is 0 Å². The zero-order chi connectivity index (χ0) is 24.8. The van der Waals surface area contributed by atoms with Gasteiger partial charge in [-0.2, -0.15) is 0 Å². The van der Waals surface area contributed by atoms with E-state index in [9.17, 15) is 19.2 Å². The lowest BCUT2D eigenvalue weighted by Crippen LogP contribution is -2.53. The van der Waals surface area contributed by atoms with Crippen molar-refractivity contribution >= 4 is 23.4 Å². The third kappa shape index (κ3) is 5.48. The van der Waals surface area contributed by atoms with Gasteiger partial charge in [-0.15, -0.1) is 0 Å². The summed E-state index contributed by atoms with van der Waals surface area (Å²) in [6.07, 6.45) is 4.57. The van der Waals surface area contributed by atoms with Crippen LogP contribution < -0.4 is 15.6 Å². The van der Waals surface area contributed by atoms with Gasteiger partial charge in [0.05, 0.1) is 0 Å². The van der Waals surface area contributed by atoms with Crippen molar-refractivity contribution in [2.24, 2.45) is 0 Å². The van der Waals surface area contributed by atoms with E-state index in [2.05, 4.69) is 5.32 Å². The van der Waals surface area contributed by atoms with Gasteiger partial charge in [0.25, 0.3) is 11.8 Å². The smallest absolute Gasteiger partial charge is 0.259 e. The minimum absolute atomic E-state index is 0.0905. The number of nitrogens with zero attached hydrogens (tertiary/aromatic N) is 3. The molecule has 0 spiro atoms. The van der Waals surface area contributed by atoms with E-state index in [1.54, 1.807) is 9.47 Å². The van der Waals surface area contributed by atoms with E-state index in [1.807, 2.05) is 60.7 Å². The fourth-order valence-corrected chi connectivity index (χ4v) is 4.22. The Morgan fingerprint density at radius 2 is 1.54 bits per heavy atom. The summed E-state index contributed by atoms with van der Waals surface area (Å²) in [6, 6.07) is 19.3. The number of amides is 3. The first-order valence-electron chi connectivity index (χ1n) is 11.6. The number of carbonyl (C=O) groups excluding carboxylic acids is 3. The van der Waals surface area contributed by atoms with Crippen LogP contribution in [-0.2, 0) is 17.8 Å². The van der Waals surface area contributed by atoms with E-state index < -0.39 is 17.2 Å². The lowest BCUT2D eigenvalue weighted by molar-refractivity contribution is -0.120. The summed E-state index contributed by atoms with van der Waals surface area (Å²) in [5.41, 5.74) is 1.13. The molecule has 180 valence electrons. The van der Waals surface area contributed by atoms with Crippen LogP contribution in [-0.4, -0.2) is 53.9 Å². The van der Waals surface area contributed by atoms with Crippen molar-refractivity contribution in [3.05, 3.63) is 100.0 Å². The quantitative estimate of drug-likeness (QED) is 0.571. The van der Waals surface area contributed by atoms with Crippen LogP contribution in [0.1, 0.15) is 32.7 Å². The largest absolute Gasteiger partial charge is 0.355 e. The fourth-order valence-electron chi connectivity index (χ4n) is 4.22. The Labute approximate surface area is 203 Å². The van der Waals surface area contributed by atoms with E-state index >= 15 is 0 Å². The number of anilines is 1. The number of aryl methyl sites for hydroxylation is 2. The van der Waals surface area contributed by atoms with Crippen molar-refractivity contribution in [1.29, 1.82) is 0 Å². The van der Waals surface area contributed by atoms with Crippen molar-refractivity contribution < 1.29 is 14.4 Å². The average molecular weight is 473 g/mol. The number of nitrogens with one attached hydrogen (secondary N) is 1. The highest BCUT2D eigenvalue weighted by atomic mass is 16.2. The van der Waals surface area contributed by atoms with Crippen LogP contribution in [0, 0.1) is 0 Å². The highest BCUT2D eigenvalue weighted by molar-refractivity contribution is 6.03.